The molecule has 20 heavy (non-hydrogen) atoms. The molecule has 0 amide bonds. The van der Waals surface area contributed by atoms with Crippen molar-refractivity contribution >= 4 is 0 Å². The normalized spacial score (nSPS) is 13.3. The number of benzene rings is 1. The van der Waals surface area contributed by atoms with Gasteiger partial charge < -0.3 is 15.2 Å². The van der Waals surface area contributed by atoms with Gasteiger partial charge in [0.1, 0.15) is 12.4 Å². The van der Waals surface area contributed by atoms with Crippen LogP contribution in [0.1, 0.15) is 45.2 Å². The van der Waals surface area contributed by atoms with Gasteiger partial charge in [0.05, 0.1) is 12.2 Å². The molecule has 0 aliphatic carbocycles. The minimum Gasteiger partial charge on any atom is -0.491 e. The first-order chi connectivity index (χ1) is 9.31. The van der Waals surface area contributed by atoms with Gasteiger partial charge in [0.25, 0.3) is 0 Å². The van der Waals surface area contributed by atoms with Crippen LogP contribution in [0.3, 0.4) is 0 Å². The van der Waals surface area contributed by atoms with Gasteiger partial charge in [-0.15, -0.1) is 0 Å². The summed E-state index contributed by atoms with van der Waals surface area (Å²) in [6.07, 6.45) is 1.83. The highest BCUT2D eigenvalue weighted by molar-refractivity contribution is 5.37. The Morgan fingerprint density at radius 3 is 2.50 bits per heavy atom. The first kappa shape index (κ1) is 17.0. The van der Waals surface area contributed by atoms with Crippen molar-refractivity contribution in [3.8, 4) is 5.75 Å². The summed E-state index contributed by atoms with van der Waals surface area (Å²) >= 11 is 0. The molecule has 0 aromatic heterocycles. The molecular formula is C17H29NO2. The van der Waals surface area contributed by atoms with Gasteiger partial charge in [0, 0.05) is 6.04 Å². The lowest BCUT2D eigenvalue weighted by Gasteiger charge is -2.20. The Morgan fingerprint density at radius 1 is 1.20 bits per heavy atom. The van der Waals surface area contributed by atoms with Crippen molar-refractivity contribution < 1.29 is 9.47 Å². The van der Waals surface area contributed by atoms with Crippen LogP contribution in [0.15, 0.2) is 18.2 Å². The number of rotatable bonds is 7. The highest BCUT2D eigenvalue weighted by Crippen LogP contribution is 2.22. The molecule has 3 heteroatoms. The molecule has 2 N–H and O–H groups in total. The summed E-state index contributed by atoms with van der Waals surface area (Å²) in [5.41, 5.74) is 8.36. The maximum absolute atomic E-state index is 6.06. The molecule has 0 aliphatic rings. The monoisotopic (exact) mass is 279 g/mol. The summed E-state index contributed by atoms with van der Waals surface area (Å²) in [5, 5.41) is 0. The molecule has 114 valence electrons. The van der Waals surface area contributed by atoms with E-state index in [1.807, 2.05) is 26.8 Å². The molecule has 1 unspecified atom stereocenters. The Hall–Kier alpha value is -1.06. The Kier molecular flexibility index (Phi) is 6.50. The number of nitrogens with two attached hydrogens (primary N) is 1. The highest BCUT2D eigenvalue weighted by Gasteiger charge is 2.11. The SMILES string of the molecule is CCC(N)Cc1cc(C)ccc1OCCOC(C)(C)C. The van der Waals surface area contributed by atoms with Gasteiger partial charge in [0.2, 0.25) is 0 Å². The van der Waals surface area contributed by atoms with Crippen molar-refractivity contribution in [1.29, 1.82) is 0 Å². The zero-order chi connectivity index (χ0) is 15.2. The Labute approximate surface area is 123 Å². The van der Waals surface area contributed by atoms with Crippen molar-refractivity contribution in [2.75, 3.05) is 13.2 Å². The van der Waals surface area contributed by atoms with Crippen LogP contribution in [0.4, 0.5) is 0 Å². The maximum Gasteiger partial charge on any atom is 0.122 e. The minimum absolute atomic E-state index is 0.121. The molecule has 0 fully saturated rings. The van der Waals surface area contributed by atoms with Gasteiger partial charge >= 0.3 is 0 Å². The molecule has 0 heterocycles. The zero-order valence-corrected chi connectivity index (χ0v) is 13.5. The lowest BCUT2D eigenvalue weighted by molar-refractivity contribution is -0.0164. The number of ether oxygens (including phenoxy) is 2. The number of hydrogen-bond donors (Lipinski definition) is 1. The summed E-state index contributed by atoms with van der Waals surface area (Å²) < 4.78 is 11.5. The smallest absolute Gasteiger partial charge is 0.122 e. The van der Waals surface area contributed by atoms with Crippen LogP contribution in [-0.2, 0) is 11.2 Å². The standard InChI is InChI=1S/C17H29NO2/c1-6-15(18)12-14-11-13(2)7-8-16(14)19-9-10-20-17(3,4)5/h7-8,11,15H,6,9-10,12,18H2,1-5H3. The molecule has 0 saturated heterocycles. The van der Waals surface area contributed by atoms with Crippen LogP contribution >= 0.6 is 0 Å². The van der Waals surface area contributed by atoms with E-state index in [-0.39, 0.29) is 11.6 Å². The van der Waals surface area contributed by atoms with E-state index >= 15 is 0 Å². The zero-order valence-electron chi connectivity index (χ0n) is 13.5. The van der Waals surface area contributed by atoms with Crippen LogP contribution in [0, 0.1) is 6.92 Å². The molecular weight excluding hydrogens is 250 g/mol. The average Bonchev–Trinajstić information content (AvgIpc) is 2.35. The van der Waals surface area contributed by atoms with E-state index < -0.39 is 0 Å². The second kappa shape index (κ2) is 7.65. The third-order valence-corrected chi connectivity index (χ3v) is 3.10. The number of aryl methyl sites for hydroxylation is 1. The fraction of sp³-hybridized carbons (Fsp3) is 0.647. The lowest BCUT2D eigenvalue weighted by Crippen LogP contribution is -2.23. The van der Waals surface area contributed by atoms with Gasteiger partial charge in [0.15, 0.2) is 0 Å². The lowest BCUT2D eigenvalue weighted by atomic mass is 10.0. The third kappa shape index (κ3) is 6.40. The Bertz CT molecular complexity index is 410. The summed E-state index contributed by atoms with van der Waals surface area (Å²) in [7, 11) is 0. The molecule has 0 radical (unpaired) electrons. The van der Waals surface area contributed by atoms with E-state index in [2.05, 4.69) is 26.0 Å². The van der Waals surface area contributed by atoms with Crippen LogP contribution in [0.25, 0.3) is 0 Å². The van der Waals surface area contributed by atoms with E-state index in [1.54, 1.807) is 0 Å². The van der Waals surface area contributed by atoms with Crippen molar-refractivity contribution in [3.63, 3.8) is 0 Å². The van der Waals surface area contributed by atoms with E-state index in [9.17, 15) is 0 Å². The van der Waals surface area contributed by atoms with Crippen LogP contribution in [0.2, 0.25) is 0 Å². The van der Waals surface area contributed by atoms with E-state index in [0.29, 0.717) is 13.2 Å². The summed E-state index contributed by atoms with van der Waals surface area (Å²) in [5.74, 6) is 0.928. The first-order valence-electron chi connectivity index (χ1n) is 7.43. The Balaban J connectivity index is 2.60. The fourth-order valence-corrected chi connectivity index (χ4v) is 1.93. The first-order valence-corrected chi connectivity index (χ1v) is 7.43. The summed E-state index contributed by atoms with van der Waals surface area (Å²) in [6, 6.07) is 6.45. The molecule has 1 atom stereocenters. The molecule has 1 aromatic rings. The average molecular weight is 279 g/mol. The topological polar surface area (TPSA) is 44.5 Å². The molecule has 0 saturated carbocycles. The van der Waals surface area contributed by atoms with Crippen molar-refractivity contribution in [2.24, 2.45) is 5.73 Å². The molecule has 1 aromatic carbocycles. The van der Waals surface area contributed by atoms with Gasteiger partial charge in [-0.05, 0) is 52.2 Å². The molecule has 3 nitrogen and oxygen atoms in total. The van der Waals surface area contributed by atoms with Gasteiger partial charge in [-0.25, -0.2) is 0 Å². The number of hydrogen-bond acceptors (Lipinski definition) is 3. The third-order valence-electron chi connectivity index (χ3n) is 3.10. The fourth-order valence-electron chi connectivity index (χ4n) is 1.93. The quantitative estimate of drug-likeness (QED) is 0.777. The van der Waals surface area contributed by atoms with Gasteiger partial charge in [-0.3, -0.25) is 0 Å². The molecule has 1 rings (SSSR count). The molecule has 0 bridgehead atoms. The van der Waals surface area contributed by atoms with Crippen LogP contribution in [-0.4, -0.2) is 24.9 Å². The second-order valence-corrected chi connectivity index (χ2v) is 6.29. The van der Waals surface area contributed by atoms with Crippen LogP contribution in [0.5, 0.6) is 5.75 Å². The van der Waals surface area contributed by atoms with Gasteiger partial charge in [-0.2, -0.15) is 0 Å². The highest BCUT2D eigenvalue weighted by atomic mass is 16.5. The van der Waals surface area contributed by atoms with E-state index in [1.165, 1.54) is 11.1 Å². The van der Waals surface area contributed by atoms with E-state index in [4.69, 9.17) is 15.2 Å². The van der Waals surface area contributed by atoms with Crippen molar-refractivity contribution in [1.82, 2.24) is 0 Å². The second-order valence-electron chi connectivity index (χ2n) is 6.29. The Morgan fingerprint density at radius 2 is 1.90 bits per heavy atom. The van der Waals surface area contributed by atoms with Crippen molar-refractivity contribution in [2.45, 2.75) is 59.1 Å². The van der Waals surface area contributed by atoms with E-state index in [0.717, 1.165) is 18.6 Å². The van der Waals surface area contributed by atoms with Crippen molar-refractivity contribution in [3.05, 3.63) is 29.3 Å². The summed E-state index contributed by atoms with van der Waals surface area (Å²) in [4.78, 5) is 0. The summed E-state index contributed by atoms with van der Waals surface area (Å²) in [6.45, 7) is 11.5. The van der Waals surface area contributed by atoms with Gasteiger partial charge in [-0.1, -0.05) is 24.6 Å². The predicted octanol–water partition coefficient (Wildman–Crippen LogP) is 3.47. The maximum atomic E-state index is 6.06. The minimum atomic E-state index is -0.121. The molecule has 0 aliphatic heterocycles. The largest absolute Gasteiger partial charge is 0.491 e. The predicted molar refractivity (Wildman–Crippen MR) is 84.3 cm³/mol. The van der Waals surface area contributed by atoms with Crippen LogP contribution < -0.4 is 10.5 Å². The molecule has 0 spiro atoms.